The highest BCUT2D eigenvalue weighted by Crippen LogP contribution is 2.30. The highest BCUT2D eigenvalue weighted by molar-refractivity contribution is 9.10. The van der Waals surface area contributed by atoms with Gasteiger partial charge in [-0.3, -0.25) is 4.90 Å². The Morgan fingerprint density at radius 2 is 1.91 bits per heavy atom. The summed E-state index contributed by atoms with van der Waals surface area (Å²) in [6.45, 7) is 8.99. The number of carbonyl (C=O) groups is 1. The fourth-order valence-electron chi connectivity index (χ4n) is 4.06. The highest BCUT2D eigenvalue weighted by Gasteiger charge is 2.35. The molecule has 0 unspecified atom stereocenters. The van der Waals surface area contributed by atoms with Crippen molar-refractivity contribution in [3.05, 3.63) is 63.6 Å². The van der Waals surface area contributed by atoms with Gasteiger partial charge in [0, 0.05) is 44.7 Å². The molecule has 8 heteroatoms. The number of halogens is 2. The largest absolute Gasteiger partial charge is 0.487 e. The van der Waals surface area contributed by atoms with Crippen LogP contribution in [0.15, 0.2) is 53.0 Å². The van der Waals surface area contributed by atoms with Crippen molar-refractivity contribution in [1.82, 2.24) is 9.80 Å². The van der Waals surface area contributed by atoms with Crippen LogP contribution in [0.2, 0.25) is 5.02 Å². The molecular weight excluding hydrogens is 520 g/mol. The maximum atomic E-state index is 13.1. The van der Waals surface area contributed by atoms with E-state index in [9.17, 15) is 4.79 Å². The highest BCUT2D eigenvalue weighted by atomic mass is 79.9. The number of rotatable bonds is 8. The quantitative estimate of drug-likeness (QED) is 0.401. The molecule has 34 heavy (non-hydrogen) atoms. The third-order valence-corrected chi connectivity index (χ3v) is 6.37. The Balaban J connectivity index is 1.77. The molecular formula is C26H34BrClN2O4. The van der Waals surface area contributed by atoms with Gasteiger partial charge < -0.3 is 19.1 Å². The van der Waals surface area contributed by atoms with Crippen molar-refractivity contribution < 1.29 is 19.0 Å². The van der Waals surface area contributed by atoms with Crippen molar-refractivity contribution in [2.24, 2.45) is 0 Å². The molecule has 1 fully saturated rings. The lowest BCUT2D eigenvalue weighted by Gasteiger charge is -2.42. The Labute approximate surface area is 216 Å². The van der Waals surface area contributed by atoms with Crippen molar-refractivity contribution >= 4 is 33.6 Å². The van der Waals surface area contributed by atoms with Crippen LogP contribution in [-0.4, -0.2) is 67.0 Å². The zero-order valence-corrected chi connectivity index (χ0v) is 22.6. The molecule has 0 saturated carbocycles. The van der Waals surface area contributed by atoms with Gasteiger partial charge in [-0.2, -0.15) is 0 Å². The lowest BCUT2D eigenvalue weighted by atomic mass is 10.0. The van der Waals surface area contributed by atoms with E-state index in [1.165, 1.54) is 5.56 Å². The standard InChI is InChI=1S/C26H34BrClN2O4/c1-26(2,3)34-25(31)30-13-12-29(16-19-8-6-5-7-9-19)17-21(30)15-22(18-32-4)33-24-11-10-20(28)14-23(24)27/h5-11,14,21-22H,12-13,15-18H2,1-4H3/t21-,22+/m1/s1. The Hall–Kier alpha value is -1.80. The molecule has 2 aromatic carbocycles. The summed E-state index contributed by atoms with van der Waals surface area (Å²) in [5.41, 5.74) is 0.695. The van der Waals surface area contributed by atoms with Gasteiger partial charge in [0.15, 0.2) is 0 Å². The van der Waals surface area contributed by atoms with Crippen molar-refractivity contribution in [2.45, 2.75) is 51.5 Å². The molecule has 1 aliphatic heterocycles. The van der Waals surface area contributed by atoms with Gasteiger partial charge in [-0.25, -0.2) is 4.79 Å². The minimum atomic E-state index is -0.556. The van der Waals surface area contributed by atoms with E-state index in [0.29, 0.717) is 30.3 Å². The van der Waals surface area contributed by atoms with E-state index in [4.69, 9.17) is 25.8 Å². The van der Waals surface area contributed by atoms with Crippen molar-refractivity contribution in [3.63, 3.8) is 0 Å². The van der Waals surface area contributed by atoms with E-state index in [-0.39, 0.29) is 18.2 Å². The molecule has 0 aliphatic carbocycles. The van der Waals surface area contributed by atoms with Gasteiger partial charge in [-0.1, -0.05) is 41.9 Å². The van der Waals surface area contributed by atoms with Gasteiger partial charge in [0.1, 0.15) is 17.5 Å². The zero-order chi connectivity index (χ0) is 24.7. The van der Waals surface area contributed by atoms with Crippen LogP contribution in [0.4, 0.5) is 4.79 Å². The number of benzene rings is 2. The third-order valence-electron chi connectivity index (χ3n) is 5.52. The summed E-state index contributed by atoms with van der Waals surface area (Å²) in [7, 11) is 1.65. The maximum absolute atomic E-state index is 13.1. The number of carbonyl (C=O) groups excluding carboxylic acids is 1. The third kappa shape index (κ3) is 8.15. The number of methoxy groups -OCH3 is 1. The summed E-state index contributed by atoms with van der Waals surface area (Å²) in [6.07, 6.45) is 0.0581. The van der Waals surface area contributed by atoms with Gasteiger partial charge in [-0.05, 0) is 60.5 Å². The van der Waals surface area contributed by atoms with E-state index in [1.807, 2.05) is 37.8 Å². The average Bonchev–Trinajstić information content (AvgIpc) is 2.75. The molecule has 2 aromatic rings. The van der Waals surface area contributed by atoms with Gasteiger partial charge >= 0.3 is 6.09 Å². The topological polar surface area (TPSA) is 51.2 Å². The lowest BCUT2D eigenvalue weighted by molar-refractivity contribution is -0.0158. The second-order valence-corrected chi connectivity index (χ2v) is 10.8. The molecule has 6 nitrogen and oxygen atoms in total. The normalized spacial score (nSPS) is 17.9. The zero-order valence-electron chi connectivity index (χ0n) is 20.3. The number of amides is 1. The summed E-state index contributed by atoms with van der Waals surface area (Å²) in [5.74, 6) is 0.687. The van der Waals surface area contributed by atoms with Gasteiger partial charge in [0.05, 0.1) is 17.1 Å². The SMILES string of the molecule is COC[C@H](C[C@@H]1CN(Cc2ccccc2)CCN1C(=O)OC(C)(C)C)Oc1ccc(Cl)cc1Br. The minimum absolute atomic E-state index is 0.0847. The second-order valence-electron chi connectivity index (χ2n) is 9.55. The monoisotopic (exact) mass is 552 g/mol. The van der Waals surface area contributed by atoms with Crippen LogP contribution < -0.4 is 4.74 Å². The first-order chi connectivity index (χ1) is 16.1. The van der Waals surface area contributed by atoms with E-state index >= 15 is 0 Å². The fourth-order valence-corrected chi connectivity index (χ4v) is 4.83. The molecule has 1 saturated heterocycles. The van der Waals surface area contributed by atoms with E-state index in [1.54, 1.807) is 19.2 Å². The second kappa shape index (κ2) is 12.2. The summed E-state index contributed by atoms with van der Waals surface area (Å²) in [6, 6.07) is 15.7. The molecule has 0 aromatic heterocycles. The fraction of sp³-hybridized carbons (Fsp3) is 0.500. The summed E-state index contributed by atoms with van der Waals surface area (Å²) >= 11 is 9.61. The predicted molar refractivity (Wildman–Crippen MR) is 139 cm³/mol. The molecule has 1 amide bonds. The number of ether oxygens (including phenoxy) is 3. The van der Waals surface area contributed by atoms with Crippen LogP contribution >= 0.6 is 27.5 Å². The van der Waals surface area contributed by atoms with Gasteiger partial charge in [0.2, 0.25) is 0 Å². The van der Waals surface area contributed by atoms with Crippen LogP contribution in [0.5, 0.6) is 5.75 Å². The maximum Gasteiger partial charge on any atom is 0.410 e. The molecule has 2 atom stereocenters. The van der Waals surface area contributed by atoms with Crippen LogP contribution in [0, 0.1) is 0 Å². The predicted octanol–water partition coefficient (Wildman–Crippen LogP) is 6.01. The Bertz CT molecular complexity index is 938. The molecule has 0 spiro atoms. The van der Waals surface area contributed by atoms with E-state index in [2.05, 4.69) is 45.1 Å². The molecule has 1 heterocycles. The van der Waals surface area contributed by atoms with Crippen LogP contribution in [0.3, 0.4) is 0 Å². The van der Waals surface area contributed by atoms with Crippen molar-refractivity contribution in [1.29, 1.82) is 0 Å². The van der Waals surface area contributed by atoms with E-state index in [0.717, 1.165) is 24.1 Å². The number of hydrogen-bond acceptors (Lipinski definition) is 5. The Morgan fingerprint density at radius 1 is 1.18 bits per heavy atom. The summed E-state index contributed by atoms with van der Waals surface area (Å²) in [4.78, 5) is 17.3. The van der Waals surface area contributed by atoms with Crippen LogP contribution in [-0.2, 0) is 16.0 Å². The van der Waals surface area contributed by atoms with Crippen LogP contribution in [0.25, 0.3) is 0 Å². The number of hydrogen-bond donors (Lipinski definition) is 0. The number of piperazine rings is 1. The molecule has 1 aliphatic rings. The van der Waals surface area contributed by atoms with Crippen molar-refractivity contribution in [2.75, 3.05) is 33.4 Å². The molecule has 0 bridgehead atoms. The first-order valence-corrected chi connectivity index (χ1v) is 12.7. The smallest absolute Gasteiger partial charge is 0.410 e. The summed E-state index contributed by atoms with van der Waals surface area (Å²) < 4.78 is 18.3. The van der Waals surface area contributed by atoms with E-state index < -0.39 is 5.60 Å². The number of nitrogens with zero attached hydrogens (tertiary/aromatic N) is 2. The first-order valence-electron chi connectivity index (χ1n) is 11.5. The van der Waals surface area contributed by atoms with Gasteiger partial charge in [0.25, 0.3) is 0 Å². The molecule has 0 radical (unpaired) electrons. The van der Waals surface area contributed by atoms with Crippen LogP contribution in [0.1, 0.15) is 32.8 Å². The van der Waals surface area contributed by atoms with Crippen molar-refractivity contribution in [3.8, 4) is 5.75 Å². The average molecular weight is 554 g/mol. The first kappa shape index (κ1) is 26.8. The minimum Gasteiger partial charge on any atom is -0.487 e. The Kier molecular flexibility index (Phi) is 9.65. The lowest BCUT2D eigenvalue weighted by Crippen LogP contribution is -2.57. The molecule has 0 N–H and O–H groups in total. The molecule has 3 rings (SSSR count). The Morgan fingerprint density at radius 3 is 2.56 bits per heavy atom. The molecule has 186 valence electrons. The van der Waals surface area contributed by atoms with Gasteiger partial charge in [-0.15, -0.1) is 0 Å². The summed E-state index contributed by atoms with van der Waals surface area (Å²) in [5, 5.41) is 0.627.